The lowest BCUT2D eigenvalue weighted by molar-refractivity contribution is -0.142. The molecule has 0 aliphatic carbocycles. The third-order valence-electron chi connectivity index (χ3n) is 4.91. The van der Waals surface area contributed by atoms with Crippen LogP contribution in [-0.2, 0) is 16.1 Å². The number of amides is 2. The molecular weight excluding hydrogens is 423 g/mol. The van der Waals surface area contributed by atoms with E-state index >= 15 is 0 Å². The van der Waals surface area contributed by atoms with Gasteiger partial charge in [0.15, 0.2) is 6.61 Å². The molecule has 2 rings (SSSR count). The van der Waals surface area contributed by atoms with Crippen molar-refractivity contribution in [1.82, 2.24) is 10.2 Å². The minimum absolute atomic E-state index is 0.00403. The van der Waals surface area contributed by atoms with E-state index in [1.165, 1.54) is 4.90 Å². The zero-order valence-electron chi connectivity index (χ0n) is 17.7. The van der Waals surface area contributed by atoms with Gasteiger partial charge in [0.25, 0.3) is 5.91 Å². The van der Waals surface area contributed by atoms with Gasteiger partial charge in [-0.25, -0.2) is 0 Å². The van der Waals surface area contributed by atoms with Crippen LogP contribution in [0.3, 0.4) is 0 Å². The zero-order chi connectivity index (χ0) is 22.3. The maximum Gasteiger partial charge on any atom is 0.261 e. The third kappa shape index (κ3) is 6.64. The highest BCUT2D eigenvalue weighted by Crippen LogP contribution is 2.26. The topological polar surface area (TPSA) is 58.6 Å². The first-order valence-electron chi connectivity index (χ1n) is 9.95. The van der Waals surface area contributed by atoms with Gasteiger partial charge in [-0.05, 0) is 57.0 Å². The van der Waals surface area contributed by atoms with Crippen LogP contribution in [0.25, 0.3) is 0 Å². The molecule has 2 amide bonds. The molecule has 0 heterocycles. The molecule has 0 fully saturated rings. The van der Waals surface area contributed by atoms with Crippen molar-refractivity contribution < 1.29 is 14.3 Å². The lowest BCUT2D eigenvalue weighted by Gasteiger charge is -2.30. The van der Waals surface area contributed by atoms with Crippen molar-refractivity contribution in [2.75, 3.05) is 6.61 Å². The van der Waals surface area contributed by atoms with Gasteiger partial charge in [0, 0.05) is 28.2 Å². The summed E-state index contributed by atoms with van der Waals surface area (Å²) in [4.78, 5) is 27.2. The summed E-state index contributed by atoms with van der Waals surface area (Å²) in [6, 6.07) is 11.9. The number of halogens is 2. The fourth-order valence-electron chi connectivity index (χ4n) is 2.83. The molecule has 7 heteroatoms. The van der Waals surface area contributed by atoms with Crippen LogP contribution in [0.5, 0.6) is 5.75 Å². The quantitative estimate of drug-likeness (QED) is 0.583. The van der Waals surface area contributed by atoms with Crippen LogP contribution in [0.15, 0.2) is 42.5 Å². The van der Waals surface area contributed by atoms with E-state index in [9.17, 15) is 9.59 Å². The first-order valence-corrected chi connectivity index (χ1v) is 10.7. The second-order valence-corrected chi connectivity index (χ2v) is 8.14. The van der Waals surface area contributed by atoms with Crippen LogP contribution in [0.4, 0.5) is 0 Å². The Morgan fingerprint density at radius 3 is 2.33 bits per heavy atom. The SMILES string of the molecule is CC[C@@H](C)NC(=O)[C@@H](C)N(Cc1c(Cl)cccc1Cl)C(=O)COc1cccc(C)c1. The highest BCUT2D eigenvalue weighted by atomic mass is 35.5. The summed E-state index contributed by atoms with van der Waals surface area (Å²) in [5, 5.41) is 3.80. The Morgan fingerprint density at radius 2 is 1.73 bits per heavy atom. The largest absolute Gasteiger partial charge is 0.484 e. The minimum atomic E-state index is -0.722. The summed E-state index contributed by atoms with van der Waals surface area (Å²) in [7, 11) is 0. The normalized spacial score (nSPS) is 12.7. The Balaban J connectivity index is 2.22. The molecule has 0 unspecified atom stereocenters. The summed E-state index contributed by atoms with van der Waals surface area (Å²) < 4.78 is 5.67. The number of ether oxygens (including phenoxy) is 1. The second kappa shape index (κ2) is 11.2. The van der Waals surface area contributed by atoms with Gasteiger partial charge in [0.2, 0.25) is 5.91 Å². The van der Waals surface area contributed by atoms with Gasteiger partial charge in [0.1, 0.15) is 11.8 Å². The van der Waals surface area contributed by atoms with Crippen molar-refractivity contribution in [3.8, 4) is 5.75 Å². The number of hydrogen-bond acceptors (Lipinski definition) is 3. The van der Waals surface area contributed by atoms with E-state index in [-0.39, 0.29) is 31.0 Å². The van der Waals surface area contributed by atoms with Gasteiger partial charge >= 0.3 is 0 Å². The highest BCUT2D eigenvalue weighted by molar-refractivity contribution is 6.36. The molecular formula is C23H28Cl2N2O3. The fourth-order valence-corrected chi connectivity index (χ4v) is 3.35. The number of aryl methyl sites for hydroxylation is 1. The number of rotatable bonds is 9. The first kappa shape index (κ1) is 24.0. The van der Waals surface area contributed by atoms with Gasteiger partial charge in [-0.2, -0.15) is 0 Å². The smallest absolute Gasteiger partial charge is 0.261 e. The molecule has 30 heavy (non-hydrogen) atoms. The molecule has 2 aromatic carbocycles. The Morgan fingerprint density at radius 1 is 1.10 bits per heavy atom. The van der Waals surface area contributed by atoms with Gasteiger partial charge in [-0.1, -0.05) is 48.3 Å². The minimum Gasteiger partial charge on any atom is -0.484 e. The van der Waals surface area contributed by atoms with E-state index in [0.29, 0.717) is 21.4 Å². The second-order valence-electron chi connectivity index (χ2n) is 7.32. The number of benzene rings is 2. The molecule has 1 N–H and O–H groups in total. The predicted octanol–water partition coefficient (Wildman–Crippen LogP) is 5.01. The summed E-state index contributed by atoms with van der Waals surface area (Å²) in [6.45, 7) is 7.44. The summed E-state index contributed by atoms with van der Waals surface area (Å²) in [5.74, 6) is 0.0199. The van der Waals surface area contributed by atoms with E-state index < -0.39 is 6.04 Å². The van der Waals surface area contributed by atoms with Crippen LogP contribution in [0.2, 0.25) is 10.0 Å². The summed E-state index contributed by atoms with van der Waals surface area (Å²) >= 11 is 12.6. The Hall–Kier alpha value is -2.24. The molecule has 5 nitrogen and oxygen atoms in total. The van der Waals surface area contributed by atoms with E-state index in [4.69, 9.17) is 27.9 Å². The molecule has 0 aliphatic rings. The molecule has 0 spiro atoms. The molecule has 0 saturated heterocycles. The maximum absolute atomic E-state index is 13.1. The van der Waals surface area contributed by atoms with Crippen molar-refractivity contribution in [2.24, 2.45) is 0 Å². The predicted molar refractivity (Wildman–Crippen MR) is 121 cm³/mol. The Labute approximate surface area is 188 Å². The number of carbonyl (C=O) groups excluding carboxylic acids is 2. The van der Waals surface area contributed by atoms with Crippen molar-refractivity contribution in [1.29, 1.82) is 0 Å². The number of nitrogens with zero attached hydrogens (tertiary/aromatic N) is 1. The number of nitrogens with one attached hydrogen (secondary N) is 1. The number of hydrogen-bond donors (Lipinski definition) is 1. The Bertz CT molecular complexity index is 868. The molecule has 0 aliphatic heterocycles. The molecule has 0 radical (unpaired) electrons. The van der Waals surface area contributed by atoms with E-state index in [1.807, 2.05) is 39.0 Å². The molecule has 2 aromatic rings. The van der Waals surface area contributed by atoms with Gasteiger partial charge < -0.3 is 15.0 Å². The highest BCUT2D eigenvalue weighted by Gasteiger charge is 2.28. The van der Waals surface area contributed by atoms with E-state index in [0.717, 1.165) is 12.0 Å². The van der Waals surface area contributed by atoms with Crippen LogP contribution < -0.4 is 10.1 Å². The average Bonchev–Trinajstić information content (AvgIpc) is 2.71. The summed E-state index contributed by atoms with van der Waals surface area (Å²) in [5.41, 5.74) is 1.62. The van der Waals surface area contributed by atoms with Crippen LogP contribution in [0.1, 0.15) is 38.3 Å². The van der Waals surface area contributed by atoms with Crippen molar-refractivity contribution in [2.45, 2.75) is 52.7 Å². The van der Waals surface area contributed by atoms with Gasteiger partial charge in [0.05, 0.1) is 0 Å². The average molecular weight is 451 g/mol. The van der Waals surface area contributed by atoms with E-state index in [1.54, 1.807) is 31.2 Å². The van der Waals surface area contributed by atoms with Crippen LogP contribution >= 0.6 is 23.2 Å². The summed E-state index contributed by atoms with van der Waals surface area (Å²) in [6.07, 6.45) is 0.791. The molecule has 162 valence electrons. The van der Waals surface area contributed by atoms with Gasteiger partial charge in [-0.3, -0.25) is 9.59 Å². The zero-order valence-corrected chi connectivity index (χ0v) is 19.3. The van der Waals surface area contributed by atoms with Crippen molar-refractivity contribution >= 4 is 35.0 Å². The molecule has 0 bridgehead atoms. The maximum atomic E-state index is 13.1. The lowest BCUT2D eigenvalue weighted by Crippen LogP contribution is -2.50. The van der Waals surface area contributed by atoms with Crippen LogP contribution in [-0.4, -0.2) is 35.4 Å². The number of carbonyl (C=O) groups is 2. The molecule has 0 saturated carbocycles. The third-order valence-corrected chi connectivity index (χ3v) is 5.62. The standard InChI is InChI=1S/C23H28Cl2N2O3/c1-5-16(3)26-23(29)17(4)27(13-19-20(24)10-7-11-21(19)25)22(28)14-30-18-9-6-8-15(2)12-18/h6-12,16-17H,5,13-14H2,1-4H3,(H,26,29)/t16-,17-/m1/s1. The van der Waals surface area contributed by atoms with Crippen molar-refractivity contribution in [3.63, 3.8) is 0 Å². The lowest BCUT2D eigenvalue weighted by atomic mass is 10.1. The fraction of sp³-hybridized carbons (Fsp3) is 0.391. The van der Waals surface area contributed by atoms with Gasteiger partial charge in [-0.15, -0.1) is 0 Å². The van der Waals surface area contributed by atoms with E-state index in [2.05, 4.69) is 5.32 Å². The first-order chi connectivity index (χ1) is 14.2. The molecule has 0 aromatic heterocycles. The Kier molecular flexibility index (Phi) is 9.00. The molecule has 2 atom stereocenters. The van der Waals surface area contributed by atoms with Crippen molar-refractivity contribution in [3.05, 3.63) is 63.6 Å². The van der Waals surface area contributed by atoms with Crippen LogP contribution in [0, 0.1) is 6.92 Å². The monoisotopic (exact) mass is 450 g/mol.